The maximum atomic E-state index is 13.9. The average Bonchev–Trinajstić information content (AvgIpc) is 3.18. The topological polar surface area (TPSA) is 157 Å². The second-order valence-corrected chi connectivity index (χ2v) is 9.68. The van der Waals surface area contributed by atoms with Gasteiger partial charge in [0.2, 0.25) is 10.0 Å². The normalized spacial score (nSPS) is 19.1. The van der Waals surface area contributed by atoms with Gasteiger partial charge in [-0.2, -0.15) is 0 Å². The predicted molar refractivity (Wildman–Crippen MR) is 122 cm³/mol. The molecule has 4 N–H and O–H groups in total. The van der Waals surface area contributed by atoms with E-state index < -0.39 is 21.7 Å². The zero-order chi connectivity index (χ0) is 23.6. The number of anilines is 2. The Morgan fingerprint density at radius 1 is 1.27 bits per heavy atom. The van der Waals surface area contributed by atoms with E-state index in [2.05, 4.69) is 30.1 Å². The van der Waals surface area contributed by atoms with Crippen LogP contribution < -0.4 is 15.8 Å². The van der Waals surface area contributed by atoms with Gasteiger partial charge in [0.25, 0.3) is 5.91 Å². The lowest BCUT2D eigenvalue weighted by Gasteiger charge is -2.22. The molecule has 3 aromatic rings. The predicted octanol–water partition coefficient (Wildman–Crippen LogP) is 2.11. The first-order chi connectivity index (χ1) is 15.7. The van der Waals surface area contributed by atoms with Crippen LogP contribution in [-0.2, 0) is 10.0 Å². The van der Waals surface area contributed by atoms with Crippen LogP contribution in [0.3, 0.4) is 0 Å². The molecule has 174 valence electrons. The van der Waals surface area contributed by atoms with Crippen molar-refractivity contribution in [1.29, 1.82) is 0 Å². The molecule has 11 nitrogen and oxygen atoms in total. The molecule has 13 heteroatoms. The molecule has 4 rings (SSSR count). The zero-order valence-corrected chi connectivity index (χ0v) is 18.6. The Labute approximate surface area is 189 Å². The summed E-state index contributed by atoms with van der Waals surface area (Å²) >= 11 is 0. The molecule has 3 aromatic heterocycles. The quantitative estimate of drug-likeness (QED) is 0.462. The fourth-order valence-corrected chi connectivity index (χ4v) is 4.14. The number of carbonyl (C=O) groups is 1. The first kappa shape index (κ1) is 22.7. The second-order valence-electron chi connectivity index (χ2n) is 7.93. The summed E-state index contributed by atoms with van der Waals surface area (Å²) in [5.41, 5.74) is 6.06. The van der Waals surface area contributed by atoms with Crippen molar-refractivity contribution >= 4 is 45.0 Å². The van der Waals surface area contributed by atoms with Crippen molar-refractivity contribution in [3.63, 3.8) is 0 Å². The van der Waals surface area contributed by atoms with E-state index >= 15 is 0 Å². The molecule has 1 amide bonds. The molecule has 1 saturated carbocycles. The number of aliphatic imine (C=N–C) groups is 1. The first-order valence-corrected chi connectivity index (χ1v) is 12.2. The van der Waals surface area contributed by atoms with Crippen molar-refractivity contribution in [3.05, 3.63) is 42.2 Å². The van der Waals surface area contributed by atoms with Crippen molar-refractivity contribution in [1.82, 2.24) is 19.6 Å². The minimum Gasteiger partial charge on any atom is -0.328 e. The Kier molecular flexibility index (Phi) is 6.33. The number of amides is 1. The highest BCUT2D eigenvalue weighted by atomic mass is 32.2. The van der Waals surface area contributed by atoms with Gasteiger partial charge in [-0.15, -0.1) is 5.10 Å². The van der Waals surface area contributed by atoms with Gasteiger partial charge in [-0.3, -0.25) is 14.5 Å². The Hall–Kier alpha value is -3.45. The summed E-state index contributed by atoms with van der Waals surface area (Å²) in [4.78, 5) is 25.0. The molecule has 1 aliphatic carbocycles. The van der Waals surface area contributed by atoms with Crippen molar-refractivity contribution in [3.8, 4) is 0 Å². The number of sulfonamides is 1. The number of fused-ring (bicyclic) bond motifs is 1. The molecule has 1 aliphatic rings. The monoisotopic (exact) mass is 474 g/mol. The Balaban J connectivity index is 1.70. The number of imidazole rings is 1. The van der Waals surface area contributed by atoms with Gasteiger partial charge >= 0.3 is 0 Å². The third kappa shape index (κ3) is 5.49. The highest BCUT2D eigenvalue weighted by molar-refractivity contribution is 7.92. The van der Waals surface area contributed by atoms with E-state index in [4.69, 9.17) is 5.73 Å². The van der Waals surface area contributed by atoms with E-state index in [1.165, 1.54) is 29.0 Å². The minimum atomic E-state index is -3.65. The van der Waals surface area contributed by atoms with Crippen molar-refractivity contribution in [2.75, 3.05) is 16.3 Å². The first-order valence-electron chi connectivity index (χ1n) is 10.3. The van der Waals surface area contributed by atoms with Crippen LogP contribution in [0.2, 0.25) is 0 Å². The molecule has 0 bridgehead atoms. The molecule has 3 heterocycles. The number of aromatic nitrogens is 4. The van der Waals surface area contributed by atoms with Crippen LogP contribution in [0.5, 0.6) is 0 Å². The van der Waals surface area contributed by atoms with E-state index in [1.807, 2.05) is 0 Å². The molecule has 33 heavy (non-hydrogen) atoms. The fourth-order valence-electron chi connectivity index (χ4n) is 3.59. The van der Waals surface area contributed by atoms with E-state index in [0.29, 0.717) is 0 Å². The number of nitrogens with one attached hydrogen (secondary N) is 2. The zero-order valence-electron chi connectivity index (χ0n) is 17.8. The number of hydrogen-bond acceptors (Lipinski definition) is 8. The molecular formula is C20H23FN8O3S. The third-order valence-electron chi connectivity index (χ3n) is 5.24. The van der Waals surface area contributed by atoms with Gasteiger partial charge in [-0.1, -0.05) is 0 Å². The van der Waals surface area contributed by atoms with Gasteiger partial charge in [-0.05, 0) is 37.7 Å². The van der Waals surface area contributed by atoms with Crippen LogP contribution in [0.15, 0.2) is 35.7 Å². The average molecular weight is 475 g/mol. The van der Waals surface area contributed by atoms with Crippen LogP contribution in [0.1, 0.15) is 36.2 Å². The second kappa shape index (κ2) is 9.19. The Morgan fingerprint density at radius 2 is 2.03 bits per heavy atom. The molecule has 0 unspecified atom stereocenters. The Morgan fingerprint density at radius 3 is 2.73 bits per heavy atom. The van der Waals surface area contributed by atoms with Gasteiger partial charge in [0.15, 0.2) is 23.0 Å². The van der Waals surface area contributed by atoms with Crippen molar-refractivity contribution < 1.29 is 17.6 Å². The maximum absolute atomic E-state index is 13.9. The smallest absolute Gasteiger partial charge is 0.276 e. The highest BCUT2D eigenvalue weighted by Crippen LogP contribution is 2.26. The summed E-state index contributed by atoms with van der Waals surface area (Å²) in [6.07, 6.45) is 9.92. The molecule has 0 atom stereocenters. The van der Waals surface area contributed by atoms with Crippen LogP contribution in [0.25, 0.3) is 5.65 Å². The maximum Gasteiger partial charge on any atom is 0.276 e. The fraction of sp³-hybridized carbons (Fsp3) is 0.350. The molecule has 0 saturated heterocycles. The molecule has 0 spiro atoms. The molecule has 1 fully saturated rings. The summed E-state index contributed by atoms with van der Waals surface area (Å²) < 4.78 is 41.2. The largest absolute Gasteiger partial charge is 0.328 e. The van der Waals surface area contributed by atoms with Gasteiger partial charge in [0.05, 0.1) is 30.0 Å². The third-order valence-corrected chi connectivity index (χ3v) is 5.83. The summed E-state index contributed by atoms with van der Waals surface area (Å²) in [5.74, 6) is -0.975. The number of hydrogen-bond donors (Lipinski definition) is 3. The van der Waals surface area contributed by atoms with E-state index in [1.54, 1.807) is 6.21 Å². The van der Waals surface area contributed by atoms with Crippen LogP contribution >= 0.6 is 0 Å². The van der Waals surface area contributed by atoms with Crippen molar-refractivity contribution in [2.24, 2.45) is 16.6 Å². The van der Waals surface area contributed by atoms with Gasteiger partial charge < -0.3 is 11.1 Å². The van der Waals surface area contributed by atoms with Gasteiger partial charge in [0.1, 0.15) is 0 Å². The lowest BCUT2D eigenvalue weighted by atomic mass is 9.87. The molecule has 0 aromatic carbocycles. The number of carbonyl (C=O) groups excluding carboxylic acids is 1. The Bertz CT molecular complexity index is 1320. The van der Waals surface area contributed by atoms with Gasteiger partial charge in [-0.25, -0.2) is 27.3 Å². The SMILES string of the molecule is CS(=O)(=O)Nc1cc(N=CC2CCC(N)CC2)nn2c(C(=O)Nc3ccncc3F)cnc12. The van der Waals surface area contributed by atoms with Crippen LogP contribution in [0.4, 0.5) is 21.6 Å². The lowest BCUT2D eigenvalue weighted by molar-refractivity contribution is 0.102. The standard InChI is InChI=1S/C20H23FN8O3S/c1-33(31,32)28-16-8-18(24-9-12-2-4-13(22)5-3-12)27-29-17(11-25-19(16)29)20(30)26-15-6-7-23-10-14(15)21/h6-13,28H,2-5,22H2,1H3,(H,23,26,30). The molecule has 0 radical (unpaired) electrons. The van der Waals surface area contributed by atoms with E-state index in [0.717, 1.165) is 38.1 Å². The summed E-state index contributed by atoms with van der Waals surface area (Å²) in [6, 6.07) is 2.96. The number of pyridine rings is 1. The number of nitrogens with two attached hydrogens (primary N) is 1. The summed E-state index contributed by atoms with van der Waals surface area (Å²) in [6.45, 7) is 0. The molecule has 0 aliphatic heterocycles. The van der Waals surface area contributed by atoms with Crippen molar-refractivity contribution in [2.45, 2.75) is 31.7 Å². The number of halogens is 1. The van der Waals surface area contributed by atoms with Gasteiger partial charge in [0, 0.05) is 24.5 Å². The van der Waals surface area contributed by atoms with E-state index in [9.17, 15) is 17.6 Å². The van der Waals surface area contributed by atoms with Crippen LogP contribution in [-0.4, -0.2) is 52.4 Å². The molecular weight excluding hydrogens is 451 g/mol. The minimum absolute atomic E-state index is 0.0292. The van der Waals surface area contributed by atoms with E-state index in [-0.39, 0.29) is 40.5 Å². The van der Waals surface area contributed by atoms with Crippen LogP contribution in [0, 0.1) is 11.7 Å². The number of rotatable bonds is 6. The summed E-state index contributed by atoms with van der Waals surface area (Å²) in [7, 11) is -3.65. The lowest BCUT2D eigenvalue weighted by Crippen LogP contribution is -2.26. The summed E-state index contributed by atoms with van der Waals surface area (Å²) in [5, 5.41) is 6.78. The highest BCUT2D eigenvalue weighted by Gasteiger charge is 2.20. The number of nitrogens with zero attached hydrogens (tertiary/aromatic N) is 5.